The molecule has 0 aliphatic heterocycles. The third kappa shape index (κ3) is 6.57. The van der Waals surface area contributed by atoms with E-state index in [1.165, 1.54) is 0 Å². The minimum atomic E-state index is -2.86. The van der Waals surface area contributed by atoms with Crippen LogP contribution in [0.5, 0.6) is 0 Å². The molecule has 0 aliphatic carbocycles. The van der Waals surface area contributed by atoms with Gasteiger partial charge in [0.1, 0.15) is 0 Å². The number of nitrogens with two attached hydrogens (primary N) is 1. The molecule has 0 aromatic carbocycles. The van der Waals surface area contributed by atoms with Crippen molar-refractivity contribution in [2.45, 2.75) is 6.42 Å². The maximum absolute atomic E-state index is 11.2. The first-order valence-electron chi connectivity index (χ1n) is 4.03. The van der Waals surface area contributed by atoms with Crippen LogP contribution in [0.4, 0.5) is 0 Å². The number of hydrogen-bond acceptors (Lipinski definition) is 4. The summed E-state index contributed by atoms with van der Waals surface area (Å²) < 4.78 is 22.4. The van der Waals surface area contributed by atoms with Crippen LogP contribution < -0.4 is 5.73 Å². The van der Waals surface area contributed by atoms with Crippen LogP contribution in [0.2, 0.25) is 0 Å². The first-order chi connectivity index (χ1) is 5.48. The van der Waals surface area contributed by atoms with Gasteiger partial charge in [-0.25, -0.2) is 8.42 Å². The third-order valence-electron chi connectivity index (χ3n) is 1.51. The van der Waals surface area contributed by atoms with Crippen LogP contribution in [-0.2, 0) is 9.84 Å². The smallest absolute Gasteiger partial charge is 0.151 e. The van der Waals surface area contributed by atoms with Crippen LogP contribution in [0.15, 0.2) is 0 Å². The Bertz CT molecular complexity index is 199. The third-order valence-corrected chi connectivity index (χ3v) is 3.22. The van der Waals surface area contributed by atoms with Gasteiger partial charge in [-0.1, -0.05) is 0 Å². The fourth-order valence-electron chi connectivity index (χ4n) is 0.727. The molecule has 0 atom stereocenters. The SMILES string of the molecule is CN(C)CCS(=O)(=O)CCCN. The predicted molar refractivity (Wildman–Crippen MR) is 50.9 cm³/mol. The second-order valence-electron chi connectivity index (χ2n) is 3.10. The fourth-order valence-corrected chi connectivity index (χ4v) is 2.18. The number of sulfone groups is 1. The molecule has 0 bridgehead atoms. The quantitative estimate of drug-likeness (QED) is 0.608. The van der Waals surface area contributed by atoms with E-state index in [1.54, 1.807) is 0 Å². The fraction of sp³-hybridized carbons (Fsp3) is 1.00. The first-order valence-corrected chi connectivity index (χ1v) is 5.85. The lowest BCUT2D eigenvalue weighted by Crippen LogP contribution is -2.24. The van der Waals surface area contributed by atoms with Crippen molar-refractivity contribution in [1.82, 2.24) is 4.90 Å². The molecule has 0 radical (unpaired) electrons. The van der Waals surface area contributed by atoms with E-state index in [-0.39, 0.29) is 11.5 Å². The highest BCUT2D eigenvalue weighted by Gasteiger charge is 2.09. The molecule has 4 nitrogen and oxygen atoms in total. The summed E-state index contributed by atoms with van der Waals surface area (Å²) in [5, 5.41) is 0. The van der Waals surface area contributed by atoms with Crippen LogP contribution in [0, 0.1) is 0 Å². The van der Waals surface area contributed by atoms with Crippen molar-refractivity contribution >= 4 is 9.84 Å². The monoisotopic (exact) mass is 194 g/mol. The molecule has 0 aromatic heterocycles. The Kier molecular flexibility index (Phi) is 5.44. The van der Waals surface area contributed by atoms with Gasteiger partial charge in [0.15, 0.2) is 9.84 Å². The maximum atomic E-state index is 11.2. The van der Waals surface area contributed by atoms with E-state index in [4.69, 9.17) is 5.73 Å². The zero-order chi connectivity index (χ0) is 9.61. The van der Waals surface area contributed by atoms with Crippen LogP contribution >= 0.6 is 0 Å². The second-order valence-corrected chi connectivity index (χ2v) is 5.40. The molecule has 0 saturated carbocycles. The molecule has 0 aliphatic rings. The van der Waals surface area contributed by atoms with Crippen molar-refractivity contribution in [3.63, 3.8) is 0 Å². The van der Waals surface area contributed by atoms with Gasteiger partial charge in [-0.15, -0.1) is 0 Å². The Balaban J connectivity index is 3.73. The summed E-state index contributed by atoms with van der Waals surface area (Å²) in [7, 11) is 0.859. The van der Waals surface area contributed by atoms with Crippen molar-refractivity contribution in [2.75, 3.05) is 38.7 Å². The molecule has 0 fully saturated rings. The molecular weight excluding hydrogens is 176 g/mol. The van der Waals surface area contributed by atoms with E-state index in [9.17, 15) is 8.42 Å². The van der Waals surface area contributed by atoms with E-state index in [0.717, 1.165) is 0 Å². The Morgan fingerprint density at radius 1 is 1.25 bits per heavy atom. The topological polar surface area (TPSA) is 63.4 Å². The van der Waals surface area contributed by atoms with Crippen LogP contribution in [0.1, 0.15) is 6.42 Å². The minimum Gasteiger partial charge on any atom is -0.330 e. The van der Waals surface area contributed by atoms with Gasteiger partial charge >= 0.3 is 0 Å². The Hall–Kier alpha value is -0.130. The van der Waals surface area contributed by atoms with Crippen LogP contribution in [0.25, 0.3) is 0 Å². The van der Waals surface area contributed by atoms with E-state index >= 15 is 0 Å². The largest absolute Gasteiger partial charge is 0.330 e. The zero-order valence-corrected chi connectivity index (χ0v) is 8.60. The lowest BCUT2D eigenvalue weighted by atomic mass is 10.5. The predicted octanol–water partition coefficient (Wildman–Crippen LogP) is -0.688. The molecular formula is C7H18N2O2S. The summed E-state index contributed by atoms with van der Waals surface area (Å²) in [6.45, 7) is 1.04. The van der Waals surface area contributed by atoms with Gasteiger partial charge in [0, 0.05) is 6.54 Å². The van der Waals surface area contributed by atoms with Crippen molar-refractivity contribution in [1.29, 1.82) is 0 Å². The van der Waals surface area contributed by atoms with Crippen LogP contribution in [0.3, 0.4) is 0 Å². The zero-order valence-electron chi connectivity index (χ0n) is 7.78. The van der Waals surface area contributed by atoms with Crippen molar-refractivity contribution in [3.8, 4) is 0 Å². The highest BCUT2D eigenvalue weighted by molar-refractivity contribution is 7.91. The van der Waals surface area contributed by atoms with E-state index in [2.05, 4.69) is 0 Å². The van der Waals surface area contributed by atoms with Crippen LogP contribution in [-0.4, -0.2) is 52.0 Å². The molecule has 12 heavy (non-hydrogen) atoms. The van der Waals surface area contributed by atoms with Crippen molar-refractivity contribution in [3.05, 3.63) is 0 Å². The van der Waals surface area contributed by atoms with Gasteiger partial charge < -0.3 is 10.6 Å². The standard InChI is InChI=1S/C7H18N2O2S/c1-9(2)5-7-12(10,11)6-3-4-8/h3-8H2,1-2H3. The Morgan fingerprint density at radius 2 is 1.83 bits per heavy atom. The van der Waals surface area contributed by atoms with Gasteiger partial charge in [0.25, 0.3) is 0 Å². The molecule has 5 heteroatoms. The van der Waals surface area contributed by atoms with E-state index in [1.807, 2.05) is 19.0 Å². The molecule has 0 unspecified atom stereocenters. The van der Waals surface area contributed by atoms with Gasteiger partial charge in [-0.3, -0.25) is 0 Å². The van der Waals surface area contributed by atoms with Gasteiger partial charge in [0.05, 0.1) is 11.5 Å². The summed E-state index contributed by atoms with van der Waals surface area (Å²) in [5.41, 5.74) is 5.22. The minimum absolute atomic E-state index is 0.220. The average Bonchev–Trinajstić information content (AvgIpc) is 1.98. The first kappa shape index (κ1) is 11.9. The molecule has 2 N–H and O–H groups in total. The van der Waals surface area contributed by atoms with Gasteiger partial charge in [0.2, 0.25) is 0 Å². The summed E-state index contributed by atoms with van der Waals surface area (Å²) in [4.78, 5) is 1.86. The lowest BCUT2D eigenvalue weighted by molar-refractivity contribution is 0.432. The highest BCUT2D eigenvalue weighted by atomic mass is 32.2. The summed E-state index contributed by atoms with van der Waals surface area (Å²) in [6.07, 6.45) is 0.565. The lowest BCUT2D eigenvalue weighted by Gasteiger charge is -2.09. The summed E-state index contributed by atoms with van der Waals surface area (Å²) >= 11 is 0. The Morgan fingerprint density at radius 3 is 2.25 bits per heavy atom. The van der Waals surface area contributed by atoms with Gasteiger partial charge in [-0.2, -0.15) is 0 Å². The molecule has 74 valence electrons. The van der Waals surface area contributed by atoms with Crippen molar-refractivity contribution < 1.29 is 8.42 Å². The summed E-state index contributed by atoms with van der Waals surface area (Å²) in [5.74, 6) is 0.456. The molecule has 0 amide bonds. The number of rotatable bonds is 6. The summed E-state index contributed by atoms with van der Waals surface area (Å²) in [6, 6.07) is 0. The Labute approximate surface area is 74.7 Å². The normalized spacial score (nSPS) is 12.3. The average molecular weight is 194 g/mol. The van der Waals surface area contributed by atoms with E-state index < -0.39 is 9.84 Å². The molecule has 0 rings (SSSR count). The van der Waals surface area contributed by atoms with Crippen molar-refractivity contribution in [2.24, 2.45) is 5.73 Å². The number of nitrogens with zero attached hydrogens (tertiary/aromatic N) is 1. The number of hydrogen-bond donors (Lipinski definition) is 1. The highest BCUT2D eigenvalue weighted by Crippen LogP contribution is 1.93. The molecule has 0 spiro atoms. The second kappa shape index (κ2) is 5.50. The molecule has 0 heterocycles. The van der Waals surface area contributed by atoms with E-state index in [0.29, 0.717) is 19.5 Å². The molecule has 0 aromatic rings. The molecule has 0 saturated heterocycles. The van der Waals surface area contributed by atoms with Gasteiger partial charge in [-0.05, 0) is 27.1 Å². The maximum Gasteiger partial charge on any atom is 0.151 e.